The summed E-state index contributed by atoms with van der Waals surface area (Å²) < 4.78 is 13.8. The van der Waals surface area contributed by atoms with Gasteiger partial charge in [0.25, 0.3) is 0 Å². The molecule has 17 heavy (non-hydrogen) atoms. The molecule has 0 aliphatic rings. The zero-order valence-electron chi connectivity index (χ0n) is 8.71. The standard InChI is InChI=1S/C11H10BrFN2O2/c12-10-7(4-8(14)11(16)17)6-3-5(13)1-2-9(6)15-10/h1-3,8,15H,4,14H2,(H,16,17). The van der Waals surface area contributed by atoms with Crippen LogP contribution in [0.25, 0.3) is 10.9 Å². The molecule has 0 bridgehead atoms. The summed E-state index contributed by atoms with van der Waals surface area (Å²) in [5.41, 5.74) is 6.89. The SMILES string of the molecule is NC(Cc1c(Br)[nH]c2ccc(F)cc12)C(=O)O. The predicted octanol–water partition coefficient (Wildman–Crippen LogP) is 2.02. The number of hydrogen-bond donors (Lipinski definition) is 3. The van der Waals surface area contributed by atoms with Crippen LogP contribution in [-0.2, 0) is 11.2 Å². The minimum Gasteiger partial charge on any atom is -0.480 e. The van der Waals surface area contributed by atoms with Gasteiger partial charge in [-0.1, -0.05) is 0 Å². The van der Waals surface area contributed by atoms with Gasteiger partial charge < -0.3 is 15.8 Å². The van der Waals surface area contributed by atoms with Gasteiger partial charge in [-0.05, 0) is 39.7 Å². The van der Waals surface area contributed by atoms with Crippen LogP contribution in [0.4, 0.5) is 4.39 Å². The molecule has 1 unspecified atom stereocenters. The van der Waals surface area contributed by atoms with Gasteiger partial charge in [0.2, 0.25) is 0 Å². The Balaban J connectivity index is 2.48. The third kappa shape index (κ3) is 2.32. The van der Waals surface area contributed by atoms with E-state index in [9.17, 15) is 9.18 Å². The molecule has 0 radical (unpaired) electrons. The highest BCUT2D eigenvalue weighted by molar-refractivity contribution is 9.10. The molecule has 0 saturated carbocycles. The van der Waals surface area contributed by atoms with E-state index in [1.54, 1.807) is 6.07 Å². The molecule has 1 aromatic heterocycles. The fourth-order valence-corrected chi connectivity index (χ4v) is 2.28. The number of hydrogen-bond acceptors (Lipinski definition) is 2. The number of nitrogens with one attached hydrogen (secondary N) is 1. The minimum atomic E-state index is -1.08. The fourth-order valence-electron chi connectivity index (χ4n) is 1.69. The normalized spacial score (nSPS) is 12.9. The third-order valence-electron chi connectivity index (χ3n) is 2.56. The van der Waals surface area contributed by atoms with Crippen LogP contribution in [-0.4, -0.2) is 22.1 Å². The van der Waals surface area contributed by atoms with E-state index in [0.717, 1.165) is 5.52 Å². The number of H-pyrrole nitrogens is 1. The van der Waals surface area contributed by atoms with Crippen molar-refractivity contribution in [2.24, 2.45) is 5.73 Å². The molecular formula is C11H10BrFN2O2. The van der Waals surface area contributed by atoms with Crippen molar-refractivity contribution in [3.8, 4) is 0 Å². The Morgan fingerprint density at radius 3 is 2.94 bits per heavy atom. The number of benzene rings is 1. The number of aromatic nitrogens is 1. The van der Waals surface area contributed by atoms with Crippen molar-refractivity contribution in [1.29, 1.82) is 0 Å². The van der Waals surface area contributed by atoms with E-state index < -0.39 is 12.0 Å². The Hall–Kier alpha value is -1.40. The van der Waals surface area contributed by atoms with E-state index in [1.807, 2.05) is 0 Å². The van der Waals surface area contributed by atoms with E-state index in [0.29, 0.717) is 15.6 Å². The lowest BCUT2D eigenvalue weighted by Crippen LogP contribution is -2.32. The third-order valence-corrected chi connectivity index (χ3v) is 3.23. The van der Waals surface area contributed by atoms with Gasteiger partial charge >= 0.3 is 5.97 Å². The van der Waals surface area contributed by atoms with Crippen molar-refractivity contribution < 1.29 is 14.3 Å². The number of rotatable bonds is 3. The summed E-state index contributed by atoms with van der Waals surface area (Å²) >= 11 is 3.29. The van der Waals surface area contributed by atoms with Gasteiger partial charge in [-0.25, -0.2) is 4.39 Å². The van der Waals surface area contributed by atoms with Crippen LogP contribution in [0.1, 0.15) is 5.56 Å². The number of halogens is 2. The monoisotopic (exact) mass is 300 g/mol. The molecule has 1 atom stereocenters. The van der Waals surface area contributed by atoms with Crippen molar-refractivity contribution in [2.75, 3.05) is 0 Å². The number of carboxylic acids is 1. The van der Waals surface area contributed by atoms with Crippen molar-refractivity contribution in [3.63, 3.8) is 0 Å². The molecule has 2 rings (SSSR count). The second-order valence-corrected chi connectivity index (χ2v) is 4.55. The minimum absolute atomic E-state index is 0.138. The average molecular weight is 301 g/mol. The number of aliphatic carboxylic acids is 1. The predicted molar refractivity (Wildman–Crippen MR) is 65.3 cm³/mol. The Morgan fingerprint density at radius 1 is 1.59 bits per heavy atom. The summed E-state index contributed by atoms with van der Waals surface area (Å²) in [7, 11) is 0. The molecule has 0 fully saturated rings. The summed E-state index contributed by atoms with van der Waals surface area (Å²) in [5.74, 6) is -1.45. The zero-order valence-corrected chi connectivity index (χ0v) is 10.3. The van der Waals surface area contributed by atoms with E-state index >= 15 is 0 Å². The molecule has 4 nitrogen and oxygen atoms in total. The Morgan fingerprint density at radius 2 is 2.29 bits per heavy atom. The van der Waals surface area contributed by atoms with E-state index in [-0.39, 0.29) is 12.2 Å². The molecule has 0 amide bonds. The molecule has 0 spiro atoms. The van der Waals surface area contributed by atoms with Crippen LogP contribution in [0, 0.1) is 5.82 Å². The number of carbonyl (C=O) groups is 1. The van der Waals surface area contributed by atoms with Gasteiger partial charge in [-0.15, -0.1) is 0 Å². The van der Waals surface area contributed by atoms with Crippen molar-refractivity contribution in [1.82, 2.24) is 4.98 Å². The maximum absolute atomic E-state index is 13.1. The molecule has 90 valence electrons. The summed E-state index contributed by atoms with van der Waals surface area (Å²) in [6, 6.07) is 3.30. The molecule has 0 saturated heterocycles. The average Bonchev–Trinajstić information content (AvgIpc) is 2.55. The van der Waals surface area contributed by atoms with Gasteiger partial charge in [0.05, 0.1) is 4.60 Å². The first kappa shape index (κ1) is 12.1. The summed E-state index contributed by atoms with van der Waals surface area (Å²) in [6.45, 7) is 0. The summed E-state index contributed by atoms with van der Waals surface area (Å²) in [6.07, 6.45) is 0.138. The Bertz CT molecular complexity index is 582. The molecule has 1 aromatic carbocycles. The fraction of sp³-hybridized carbons (Fsp3) is 0.182. The molecule has 2 aromatic rings. The number of aromatic amines is 1. The largest absolute Gasteiger partial charge is 0.480 e. The Kier molecular flexibility index (Phi) is 3.17. The van der Waals surface area contributed by atoms with Crippen LogP contribution in [0.5, 0.6) is 0 Å². The number of fused-ring (bicyclic) bond motifs is 1. The molecular weight excluding hydrogens is 291 g/mol. The highest BCUT2D eigenvalue weighted by Gasteiger charge is 2.18. The lowest BCUT2D eigenvalue weighted by molar-refractivity contribution is -0.138. The van der Waals surface area contributed by atoms with Crippen LogP contribution < -0.4 is 5.73 Å². The quantitative estimate of drug-likeness (QED) is 0.811. The first-order valence-corrected chi connectivity index (χ1v) is 5.72. The van der Waals surface area contributed by atoms with Crippen molar-refractivity contribution >= 4 is 32.8 Å². The van der Waals surface area contributed by atoms with Gasteiger partial charge in [0.15, 0.2) is 0 Å². The van der Waals surface area contributed by atoms with Crippen molar-refractivity contribution in [3.05, 3.63) is 34.2 Å². The Labute approximate surface area is 105 Å². The topological polar surface area (TPSA) is 79.1 Å². The second-order valence-electron chi connectivity index (χ2n) is 3.76. The molecule has 4 N–H and O–H groups in total. The molecule has 6 heteroatoms. The number of nitrogens with two attached hydrogens (primary N) is 1. The number of carboxylic acid groups (broad SMARTS) is 1. The van der Waals surface area contributed by atoms with Crippen LogP contribution in [0.3, 0.4) is 0 Å². The molecule has 1 heterocycles. The van der Waals surface area contributed by atoms with Gasteiger partial charge in [-0.2, -0.15) is 0 Å². The first-order valence-electron chi connectivity index (χ1n) is 4.93. The highest BCUT2D eigenvalue weighted by Crippen LogP contribution is 2.28. The molecule has 0 aliphatic carbocycles. The zero-order chi connectivity index (χ0) is 12.6. The van der Waals surface area contributed by atoms with Gasteiger partial charge in [0, 0.05) is 17.3 Å². The van der Waals surface area contributed by atoms with E-state index in [2.05, 4.69) is 20.9 Å². The lowest BCUT2D eigenvalue weighted by atomic mass is 10.1. The smallest absolute Gasteiger partial charge is 0.320 e. The van der Waals surface area contributed by atoms with E-state index in [4.69, 9.17) is 10.8 Å². The van der Waals surface area contributed by atoms with Crippen LogP contribution in [0.2, 0.25) is 0 Å². The van der Waals surface area contributed by atoms with E-state index in [1.165, 1.54) is 12.1 Å². The van der Waals surface area contributed by atoms with Gasteiger partial charge in [-0.3, -0.25) is 4.79 Å². The second kappa shape index (κ2) is 4.46. The highest BCUT2D eigenvalue weighted by atomic mass is 79.9. The summed E-state index contributed by atoms with van der Waals surface area (Å²) in [4.78, 5) is 13.7. The lowest BCUT2D eigenvalue weighted by Gasteiger charge is -2.05. The summed E-state index contributed by atoms with van der Waals surface area (Å²) in [5, 5.41) is 9.42. The van der Waals surface area contributed by atoms with Crippen molar-refractivity contribution in [2.45, 2.75) is 12.5 Å². The van der Waals surface area contributed by atoms with Gasteiger partial charge in [0.1, 0.15) is 11.9 Å². The maximum atomic E-state index is 13.1. The molecule has 0 aliphatic heterocycles. The first-order chi connectivity index (χ1) is 7.99. The maximum Gasteiger partial charge on any atom is 0.320 e. The van der Waals surface area contributed by atoms with Crippen LogP contribution in [0.15, 0.2) is 22.8 Å². The van der Waals surface area contributed by atoms with Crippen LogP contribution >= 0.6 is 15.9 Å².